The zero-order chi connectivity index (χ0) is 31.3. The van der Waals surface area contributed by atoms with Gasteiger partial charge in [-0.2, -0.15) is 0 Å². The molecule has 230 valence electrons. The van der Waals surface area contributed by atoms with Crippen molar-refractivity contribution in [2.24, 2.45) is 0 Å². The van der Waals surface area contributed by atoms with Gasteiger partial charge in [-0.15, -0.1) is 0 Å². The largest absolute Gasteiger partial charge is 0.507 e. The van der Waals surface area contributed by atoms with Crippen molar-refractivity contribution >= 4 is 38.7 Å². The van der Waals surface area contributed by atoms with Gasteiger partial charge in [0.15, 0.2) is 5.75 Å². The first-order chi connectivity index (χ1) is 21.1. The van der Waals surface area contributed by atoms with Crippen molar-refractivity contribution in [3.05, 3.63) is 95.2 Å². The Morgan fingerprint density at radius 1 is 1.14 bits per heavy atom. The minimum atomic E-state index is -3.21. The molecule has 0 radical (unpaired) electrons. The molecule has 1 unspecified atom stereocenters. The monoisotopic (exact) mass is 639 g/mol. The van der Waals surface area contributed by atoms with Gasteiger partial charge in [-0.25, -0.2) is 12.8 Å². The number of carbonyl (C=O) groups excluding carboxylic acids is 1. The van der Waals surface area contributed by atoms with E-state index in [-0.39, 0.29) is 35.7 Å². The molecule has 0 saturated carbocycles. The number of fused-ring (bicyclic) bond motifs is 1. The number of aromatic nitrogens is 2. The van der Waals surface area contributed by atoms with Crippen molar-refractivity contribution in [3.63, 3.8) is 0 Å². The Bertz CT molecular complexity index is 1770. The number of phenols is 1. The van der Waals surface area contributed by atoms with Crippen LogP contribution in [0.4, 0.5) is 15.8 Å². The van der Waals surface area contributed by atoms with Crippen molar-refractivity contribution in [1.82, 2.24) is 20.6 Å². The molecule has 13 heteroatoms. The van der Waals surface area contributed by atoms with Crippen LogP contribution in [0.1, 0.15) is 28.5 Å². The fraction of sp³-hybridized carbons (Fsp3) is 0.258. The summed E-state index contributed by atoms with van der Waals surface area (Å²) in [5.41, 5.74) is 2.93. The summed E-state index contributed by atoms with van der Waals surface area (Å²) in [4.78, 5) is 23.6. The number of rotatable bonds is 11. The van der Waals surface area contributed by atoms with Gasteiger partial charge < -0.3 is 25.4 Å². The van der Waals surface area contributed by atoms with Crippen molar-refractivity contribution < 1.29 is 27.4 Å². The second-order valence-corrected chi connectivity index (χ2v) is 13.0. The topological polar surface area (TPSA) is 134 Å². The minimum Gasteiger partial charge on any atom is -0.507 e. The number of nitrogens with zero attached hydrogens (tertiary/aromatic N) is 3. The van der Waals surface area contributed by atoms with Crippen LogP contribution in [-0.2, 0) is 9.84 Å². The van der Waals surface area contributed by atoms with Gasteiger partial charge in [0.05, 0.1) is 47.2 Å². The highest BCUT2D eigenvalue weighted by Crippen LogP contribution is 2.39. The third-order valence-electron chi connectivity index (χ3n) is 7.08. The molecular weight excluding hydrogens is 609 g/mol. The quantitative estimate of drug-likeness (QED) is 0.214. The van der Waals surface area contributed by atoms with E-state index in [4.69, 9.17) is 16.3 Å². The molecule has 1 aliphatic heterocycles. The molecule has 2 aromatic heterocycles. The average Bonchev–Trinajstić information content (AvgIpc) is 3.00. The van der Waals surface area contributed by atoms with Crippen LogP contribution in [0.5, 0.6) is 11.5 Å². The van der Waals surface area contributed by atoms with Gasteiger partial charge in [-0.05, 0) is 55.0 Å². The van der Waals surface area contributed by atoms with E-state index in [9.17, 15) is 22.7 Å². The van der Waals surface area contributed by atoms with Gasteiger partial charge in [0.2, 0.25) is 0 Å². The van der Waals surface area contributed by atoms with Gasteiger partial charge in [0.1, 0.15) is 28.0 Å². The second kappa shape index (κ2) is 13.6. The number of sulfone groups is 1. The number of hydrogen-bond acceptors (Lipinski definition) is 9. The fourth-order valence-electron chi connectivity index (χ4n) is 4.89. The maximum Gasteiger partial charge on any atom is 0.255 e. The predicted octanol–water partition coefficient (Wildman–Crippen LogP) is 4.67. The summed E-state index contributed by atoms with van der Waals surface area (Å²) in [6.45, 7) is 1.31. The summed E-state index contributed by atoms with van der Waals surface area (Å²) in [6, 6.07) is 15.6. The van der Waals surface area contributed by atoms with Crippen molar-refractivity contribution in [2.45, 2.75) is 12.5 Å². The molecule has 1 atom stereocenters. The van der Waals surface area contributed by atoms with Gasteiger partial charge in [-0.1, -0.05) is 23.7 Å². The maximum absolute atomic E-state index is 14.7. The van der Waals surface area contributed by atoms with Gasteiger partial charge in [-0.3, -0.25) is 14.8 Å². The van der Waals surface area contributed by atoms with E-state index in [1.165, 1.54) is 36.6 Å². The lowest BCUT2D eigenvalue weighted by atomic mass is 10.1. The number of benzene rings is 2. The molecule has 0 saturated heterocycles. The summed E-state index contributed by atoms with van der Waals surface area (Å²) in [5, 5.41) is 16.5. The maximum atomic E-state index is 14.7. The van der Waals surface area contributed by atoms with Gasteiger partial charge in [0, 0.05) is 41.8 Å². The molecular formula is C31H31ClFN5O5S. The number of carbonyl (C=O) groups is 1. The van der Waals surface area contributed by atoms with Crippen LogP contribution in [0.2, 0.25) is 5.02 Å². The Kier molecular flexibility index (Phi) is 9.62. The first-order valence-corrected chi connectivity index (χ1v) is 16.3. The number of phenolic OH excluding ortho intramolecular Hbond substituents is 1. The normalized spacial score (nSPS) is 13.6. The third-order valence-corrected chi connectivity index (χ3v) is 8.26. The van der Waals surface area contributed by atoms with E-state index in [2.05, 4.69) is 20.6 Å². The first kappa shape index (κ1) is 31.2. The first-order valence-electron chi connectivity index (χ1n) is 13.9. The standard InChI is InChI=1S/C31H31ClFN5O5S/c1-44(41,42)15-12-35-25(9-11-36-31(40)22-4-2-3-5-29(22)39)27-17-21(8-10-34-27)38-13-14-43-30-19-37-26(18-28(30)38)23-16-20(32)6-7-24(23)33/h2-8,10,16-19,25,35,39H,9,11-15H2,1H3,(H,36,40). The molecule has 3 N–H and O–H groups in total. The highest BCUT2D eigenvalue weighted by Gasteiger charge is 2.24. The van der Waals surface area contributed by atoms with Crippen LogP contribution in [0.3, 0.4) is 0 Å². The van der Waals surface area contributed by atoms with Crippen molar-refractivity contribution in [2.75, 3.05) is 43.1 Å². The van der Waals surface area contributed by atoms with Crippen LogP contribution >= 0.6 is 11.6 Å². The number of aromatic hydroxyl groups is 1. The molecule has 0 bridgehead atoms. The Hall–Kier alpha value is -4.26. The number of para-hydroxylation sites is 1. The van der Waals surface area contributed by atoms with Crippen LogP contribution in [0.15, 0.2) is 73.1 Å². The number of ether oxygens (including phenoxy) is 1. The SMILES string of the molecule is CS(=O)(=O)CCNC(CCNC(=O)c1ccccc1O)c1cc(N2CCOc3cnc(-c4cc(Cl)ccc4F)cc32)ccn1. The fourth-order valence-corrected chi connectivity index (χ4v) is 5.55. The molecule has 0 spiro atoms. The van der Waals surface area contributed by atoms with E-state index in [0.717, 1.165) is 5.69 Å². The molecule has 44 heavy (non-hydrogen) atoms. The number of amides is 1. The molecule has 1 amide bonds. The third kappa shape index (κ3) is 7.62. The molecule has 3 heterocycles. The molecule has 10 nitrogen and oxygen atoms in total. The van der Waals surface area contributed by atoms with Crippen molar-refractivity contribution in [1.29, 1.82) is 0 Å². The van der Waals surface area contributed by atoms with E-state index < -0.39 is 27.6 Å². The molecule has 0 fully saturated rings. The van der Waals surface area contributed by atoms with Crippen LogP contribution < -0.4 is 20.3 Å². The minimum absolute atomic E-state index is 0.0693. The van der Waals surface area contributed by atoms with E-state index in [1.807, 2.05) is 17.0 Å². The Morgan fingerprint density at radius 3 is 2.75 bits per heavy atom. The van der Waals surface area contributed by atoms with Gasteiger partial charge >= 0.3 is 0 Å². The predicted molar refractivity (Wildman–Crippen MR) is 167 cm³/mol. The second-order valence-electron chi connectivity index (χ2n) is 10.3. The zero-order valence-corrected chi connectivity index (χ0v) is 25.4. The lowest BCUT2D eigenvalue weighted by Crippen LogP contribution is -2.32. The van der Waals surface area contributed by atoms with Gasteiger partial charge in [0.25, 0.3) is 5.91 Å². The Morgan fingerprint density at radius 2 is 1.95 bits per heavy atom. The van der Waals surface area contributed by atoms with E-state index in [0.29, 0.717) is 47.4 Å². The zero-order valence-electron chi connectivity index (χ0n) is 23.8. The molecule has 2 aromatic carbocycles. The number of pyridine rings is 2. The van der Waals surface area contributed by atoms with E-state index in [1.54, 1.807) is 30.6 Å². The molecule has 1 aliphatic rings. The summed E-state index contributed by atoms with van der Waals surface area (Å²) < 4.78 is 44.1. The molecule has 4 aromatic rings. The number of nitrogens with one attached hydrogen (secondary N) is 2. The lowest BCUT2D eigenvalue weighted by molar-refractivity contribution is 0.0949. The van der Waals surface area contributed by atoms with Crippen molar-refractivity contribution in [3.8, 4) is 22.8 Å². The molecule has 5 rings (SSSR count). The summed E-state index contributed by atoms with van der Waals surface area (Å²) in [6.07, 6.45) is 4.77. The average molecular weight is 640 g/mol. The number of halogens is 2. The summed E-state index contributed by atoms with van der Waals surface area (Å²) in [5.74, 6) is -0.529. The highest BCUT2D eigenvalue weighted by atomic mass is 35.5. The number of hydrogen-bond donors (Lipinski definition) is 3. The summed E-state index contributed by atoms with van der Waals surface area (Å²) >= 11 is 6.12. The van der Waals surface area contributed by atoms with E-state index >= 15 is 0 Å². The van der Waals surface area contributed by atoms with Crippen LogP contribution in [-0.4, -0.2) is 67.6 Å². The Labute approximate surface area is 259 Å². The lowest BCUT2D eigenvalue weighted by Gasteiger charge is -2.32. The highest BCUT2D eigenvalue weighted by molar-refractivity contribution is 7.90. The molecule has 0 aliphatic carbocycles. The smallest absolute Gasteiger partial charge is 0.255 e. The van der Waals surface area contributed by atoms with Crippen LogP contribution in [0.25, 0.3) is 11.3 Å². The Balaban J connectivity index is 1.39. The number of anilines is 2. The van der Waals surface area contributed by atoms with Crippen LogP contribution in [0, 0.1) is 5.82 Å². The summed E-state index contributed by atoms with van der Waals surface area (Å²) in [7, 11) is -3.21.